The van der Waals surface area contributed by atoms with E-state index in [1.165, 1.54) is 6.07 Å². The lowest BCUT2D eigenvalue weighted by Gasteiger charge is -2.28. The van der Waals surface area contributed by atoms with E-state index in [9.17, 15) is 19.2 Å². The molecule has 1 aliphatic rings. The maximum Gasteiger partial charge on any atom is 0.337 e. The molecule has 0 aliphatic carbocycles. The normalized spacial score (nSPS) is 14.3. The lowest BCUT2D eigenvalue weighted by Crippen LogP contribution is -2.38. The third-order valence-electron chi connectivity index (χ3n) is 4.18. The van der Waals surface area contributed by atoms with Crippen LogP contribution in [0.25, 0.3) is 0 Å². The van der Waals surface area contributed by atoms with Gasteiger partial charge < -0.3 is 19.5 Å². The first-order valence-corrected chi connectivity index (χ1v) is 10.4. The zero-order chi connectivity index (χ0) is 22.4. The molecule has 0 fully saturated rings. The number of allylic oxidation sites excluding steroid dienone is 2. The van der Waals surface area contributed by atoms with Crippen LogP contribution >= 0.6 is 22.9 Å². The number of halogens is 1. The molecule has 0 aromatic carbocycles. The van der Waals surface area contributed by atoms with Crippen molar-refractivity contribution in [1.82, 2.24) is 5.32 Å². The minimum absolute atomic E-state index is 0.0675. The fourth-order valence-corrected chi connectivity index (χ4v) is 3.91. The van der Waals surface area contributed by atoms with Gasteiger partial charge in [-0.25, -0.2) is 9.59 Å². The van der Waals surface area contributed by atoms with Gasteiger partial charge in [-0.3, -0.25) is 9.59 Å². The number of ketones is 1. The predicted octanol–water partition coefficient (Wildman–Crippen LogP) is 3.02. The molecule has 0 spiro atoms. The van der Waals surface area contributed by atoms with Gasteiger partial charge in [-0.2, -0.15) is 0 Å². The minimum Gasteiger partial charge on any atom is -0.463 e. The van der Waals surface area contributed by atoms with E-state index in [-0.39, 0.29) is 24.4 Å². The number of ether oxygens (including phenoxy) is 3. The lowest BCUT2D eigenvalue weighted by molar-refractivity contribution is -0.151. The van der Waals surface area contributed by atoms with Crippen molar-refractivity contribution in [3.8, 4) is 0 Å². The van der Waals surface area contributed by atoms with Crippen molar-refractivity contribution in [2.45, 2.75) is 27.7 Å². The van der Waals surface area contributed by atoms with Crippen LogP contribution in [-0.2, 0) is 28.6 Å². The van der Waals surface area contributed by atoms with Crippen molar-refractivity contribution in [3.63, 3.8) is 0 Å². The van der Waals surface area contributed by atoms with Crippen LogP contribution in [0.1, 0.15) is 37.4 Å². The molecular weight excluding hydrogens is 434 g/mol. The van der Waals surface area contributed by atoms with Crippen molar-refractivity contribution >= 4 is 46.6 Å². The number of hydrogen-bond acceptors (Lipinski definition) is 9. The molecule has 0 atom stereocenters. The third kappa shape index (κ3) is 5.28. The zero-order valence-corrected chi connectivity index (χ0v) is 18.6. The summed E-state index contributed by atoms with van der Waals surface area (Å²) in [6, 6.07) is 3.08. The molecule has 1 N–H and O–H groups in total. The number of carbonyl (C=O) groups excluding carboxylic acids is 4. The van der Waals surface area contributed by atoms with Gasteiger partial charge in [0.1, 0.15) is 5.92 Å². The van der Waals surface area contributed by atoms with E-state index in [1.54, 1.807) is 33.8 Å². The molecule has 2 rings (SSSR count). The Bertz CT molecular complexity index is 891. The Morgan fingerprint density at radius 3 is 1.93 bits per heavy atom. The standard InChI is InChI=1S/C20H22ClNO7S/c1-5-27-18(24)15-10(3)22-11(4)16(19(25)28-6-2)17(15)20(26)29-9-12(23)13-7-8-14(21)30-13/h7-8,17,22H,5-6,9H2,1-4H3. The first kappa shape index (κ1) is 23.6. The maximum atomic E-state index is 13.0. The number of rotatable bonds is 8. The number of hydrogen-bond donors (Lipinski definition) is 1. The minimum atomic E-state index is -1.39. The molecule has 0 radical (unpaired) electrons. The Morgan fingerprint density at radius 2 is 1.50 bits per heavy atom. The Morgan fingerprint density at radius 1 is 0.967 bits per heavy atom. The van der Waals surface area contributed by atoms with E-state index >= 15 is 0 Å². The van der Waals surface area contributed by atoms with Gasteiger partial charge in [0.05, 0.1) is 33.6 Å². The van der Waals surface area contributed by atoms with Gasteiger partial charge in [-0.1, -0.05) is 11.6 Å². The van der Waals surface area contributed by atoms with E-state index in [0.717, 1.165) is 11.3 Å². The van der Waals surface area contributed by atoms with Crippen LogP contribution in [0.3, 0.4) is 0 Å². The fourth-order valence-electron chi connectivity index (χ4n) is 2.94. The van der Waals surface area contributed by atoms with Crippen molar-refractivity contribution in [2.24, 2.45) is 5.92 Å². The summed E-state index contributed by atoms with van der Waals surface area (Å²) < 4.78 is 15.7. The summed E-state index contributed by atoms with van der Waals surface area (Å²) in [6.45, 7) is 5.99. The van der Waals surface area contributed by atoms with Gasteiger partial charge in [0.15, 0.2) is 6.61 Å². The number of dihydropyridines is 1. The molecule has 0 unspecified atom stereocenters. The molecule has 8 nitrogen and oxygen atoms in total. The number of nitrogens with one attached hydrogen (secondary N) is 1. The summed E-state index contributed by atoms with van der Waals surface area (Å²) in [5.74, 6) is -4.31. The molecule has 1 aromatic heterocycles. The van der Waals surface area contributed by atoms with Crippen LogP contribution in [0, 0.1) is 5.92 Å². The highest BCUT2D eigenvalue weighted by Gasteiger charge is 2.42. The Balaban J connectivity index is 2.34. The summed E-state index contributed by atoms with van der Waals surface area (Å²) >= 11 is 6.88. The molecule has 0 saturated carbocycles. The zero-order valence-electron chi connectivity index (χ0n) is 17.0. The number of esters is 3. The van der Waals surface area contributed by atoms with Crippen molar-refractivity contribution in [3.05, 3.63) is 43.9 Å². The summed E-state index contributed by atoms with van der Waals surface area (Å²) in [4.78, 5) is 50.6. The molecule has 0 saturated heterocycles. The highest BCUT2D eigenvalue weighted by Crippen LogP contribution is 2.32. The highest BCUT2D eigenvalue weighted by atomic mass is 35.5. The summed E-state index contributed by atoms with van der Waals surface area (Å²) in [6.07, 6.45) is 0. The van der Waals surface area contributed by atoms with Gasteiger partial charge in [0.25, 0.3) is 0 Å². The molecule has 10 heteroatoms. The second kappa shape index (κ2) is 10.4. The van der Waals surface area contributed by atoms with Gasteiger partial charge in [0, 0.05) is 11.4 Å². The van der Waals surface area contributed by atoms with Crippen LogP contribution in [0.5, 0.6) is 0 Å². The van der Waals surface area contributed by atoms with Gasteiger partial charge in [-0.05, 0) is 39.8 Å². The molecule has 0 bridgehead atoms. The van der Waals surface area contributed by atoms with Gasteiger partial charge >= 0.3 is 17.9 Å². The molecule has 162 valence electrons. The monoisotopic (exact) mass is 455 g/mol. The van der Waals surface area contributed by atoms with Crippen molar-refractivity contribution < 1.29 is 33.4 Å². The number of carbonyl (C=O) groups is 4. The Kier molecular flexibility index (Phi) is 8.19. The van der Waals surface area contributed by atoms with Gasteiger partial charge in [-0.15, -0.1) is 11.3 Å². The largest absolute Gasteiger partial charge is 0.463 e. The number of Topliss-reactive ketones (excluding diaryl/α,β-unsaturated/α-hetero) is 1. The summed E-state index contributed by atoms with van der Waals surface area (Å²) in [5.41, 5.74) is 0.555. The highest BCUT2D eigenvalue weighted by molar-refractivity contribution is 7.18. The Hall–Kier alpha value is -2.65. The molecule has 30 heavy (non-hydrogen) atoms. The SMILES string of the molecule is CCOC(=O)C1=C(C)NC(C)=C(C(=O)OCC)C1C(=O)OCC(=O)c1ccc(Cl)s1. The Labute approximate surface area is 182 Å². The van der Waals surface area contributed by atoms with Crippen LogP contribution < -0.4 is 5.32 Å². The molecule has 2 heterocycles. The molecule has 1 aliphatic heterocycles. The molecule has 1 aromatic rings. The first-order valence-electron chi connectivity index (χ1n) is 9.19. The lowest BCUT2D eigenvalue weighted by atomic mass is 9.85. The average molecular weight is 456 g/mol. The van der Waals surface area contributed by atoms with E-state index in [1.807, 2.05) is 0 Å². The van der Waals surface area contributed by atoms with Crippen LogP contribution in [0.15, 0.2) is 34.7 Å². The molecular formula is C20H22ClNO7S. The third-order valence-corrected chi connectivity index (χ3v) is 5.45. The van der Waals surface area contributed by atoms with E-state index < -0.39 is 36.2 Å². The van der Waals surface area contributed by atoms with Crippen LogP contribution in [-0.4, -0.2) is 43.5 Å². The second-order valence-electron chi connectivity index (χ2n) is 6.21. The smallest absolute Gasteiger partial charge is 0.337 e. The summed E-state index contributed by atoms with van der Waals surface area (Å²) in [7, 11) is 0. The second-order valence-corrected chi connectivity index (χ2v) is 7.93. The first-order chi connectivity index (χ1) is 14.2. The maximum absolute atomic E-state index is 13.0. The van der Waals surface area contributed by atoms with Crippen molar-refractivity contribution in [1.29, 1.82) is 0 Å². The van der Waals surface area contributed by atoms with E-state index in [0.29, 0.717) is 20.6 Å². The van der Waals surface area contributed by atoms with Gasteiger partial charge in [0.2, 0.25) is 5.78 Å². The average Bonchev–Trinajstić information content (AvgIpc) is 3.11. The topological polar surface area (TPSA) is 108 Å². The summed E-state index contributed by atoms with van der Waals surface area (Å²) in [5, 5.41) is 2.91. The van der Waals surface area contributed by atoms with E-state index in [4.69, 9.17) is 25.8 Å². The number of thiophene rings is 1. The van der Waals surface area contributed by atoms with E-state index in [2.05, 4.69) is 5.32 Å². The van der Waals surface area contributed by atoms with Crippen LogP contribution in [0.2, 0.25) is 4.34 Å². The quantitative estimate of drug-likeness (QED) is 0.362. The van der Waals surface area contributed by atoms with Crippen molar-refractivity contribution in [2.75, 3.05) is 19.8 Å². The fraction of sp³-hybridized carbons (Fsp3) is 0.400. The predicted molar refractivity (Wildman–Crippen MR) is 110 cm³/mol. The van der Waals surface area contributed by atoms with Crippen LogP contribution in [0.4, 0.5) is 0 Å². The molecule has 0 amide bonds.